The third-order valence-corrected chi connectivity index (χ3v) is 13.5. The third-order valence-electron chi connectivity index (χ3n) is 9.98. The minimum Gasteiger partial charge on any atom is -0.208 e. The first-order chi connectivity index (χ1) is 24.1. The zero-order chi connectivity index (χ0) is 33.0. The smallest absolute Gasteiger partial charge is 0.164 e. The monoisotopic (exact) mass is 643 g/mol. The molecule has 1 aliphatic rings. The van der Waals surface area contributed by atoms with Gasteiger partial charge in [0.25, 0.3) is 0 Å². The van der Waals surface area contributed by atoms with Crippen molar-refractivity contribution in [2.75, 3.05) is 0 Å². The van der Waals surface area contributed by atoms with E-state index in [2.05, 4.69) is 171 Å². The molecule has 0 fully saturated rings. The molecule has 0 unspecified atom stereocenters. The molecule has 7 aromatic carbocycles. The van der Waals surface area contributed by atoms with Crippen molar-refractivity contribution in [3.05, 3.63) is 164 Å². The topological polar surface area (TPSA) is 38.7 Å². The normalized spacial score (nSPS) is 12.9. The van der Waals surface area contributed by atoms with E-state index in [1.807, 2.05) is 6.07 Å². The molecular formula is C45H33N3Si. The summed E-state index contributed by atoms with van der Waals surface area (Å²) in [6.45, 7) is 4.89. The SMILES string of the molecule is C[Si]1(C)c2ccccc2-c2c(-c3nc(-c4ccc(-c5ccccc5)cc4)nc(-c4ccc(-c5ccccc5)c5ccccc45)n3)cccc21. The van der Waals surface area contributed by atoms with Crippen LogP contribution in [0.4, 0.5) is 0 Å². The maximum atomic E-state index is 5.31. The minimum atomic E-state index is -1.89. The zero-order valence-corrected chi connectivity index (χ0v) is 28.4. The van der Waals surface area contributed by atoms with Crippen molar-refractivity contribution in [1.82, 2.24) is 15.0 Å². The predicted molar refractivity (Wildman–Crippen MR) is 207 cm³/mol. The van der Waals surface area contributed by atoms with Crippen molar-refractivity contribution >= 4 is 29.2 Å². The van der Waals surface area contributed by atoms with Crippen LogP contribution < -0.4 is 10.4 Å². The molecule has 0 radical (unpaired) electrons. The molecular weight excluding hydrogens is 611 g/mol. The molecule has 49 heavy (non-hydrogen) atoms. The molecule has 232 valence electrons. The highest BCUT2D eigenvalue weighted by Crippen LogP contribution is 2.39. The number of rotatable bonds is 5. The van der Waals surface area contributed by atoms with Crippen LogP contribution in [0.25, 0.3) is 78.3 Å². The molecule has 1 aromatic heterocycles. The molecule has 0 atom stereocenters. The molecule has 8 aromatic rings. The van der Waals surface area contributed by atoms with Gasteiger partial charge in [0.1, 0.15) is 8.07 Å². The second-order valence-corrected chi connectivity index (χ2v) is 17.5. The molecule has 0 saturated heterocycles. The van der Waals surface area contributed by atoms with E-state index in [9.17, 15) is 0 Å². The summed E-state index contributed by atoms with van der Waals surface area (Å²) in [4.78, 5) is 15.8. The average molecular weight is 644 g/mol. The third kappa shape index (κ3) is 4.92. The van der Waals surface area contributed by atoms with Gasteiger partial charge in [-0.15, -0.1) is 0 Å². The Balaban J connectivity index is 1.27. The summed E-state index contributed by atoms with van der Waals surface area (Å²) in [5.74, 6) is 2.03. The standard InChI is InChI=1S/C45H33N3Si/c1-49(2)40-22-12-11-20-38(40)42-39(21-13-23-41(42)49)45-47-43(33-26-24-31(25-27-33)30-14-5-3-6-15-30)46-44(48-45)37-29-28-34(32-16-7-4-8-17-32)35-18-9-10-19-36(35)37/h3-29H,1-2H3. The summed E-state index contributed by atoms with van der Waals surface area (Å²) in [6.07, 6.45) is 0. The number of hydrogen-bond donors (Lipinski definition) is 0. The molecule has 0 aliphatic carbocycles. The molecule has 4 heteroatoms. The first-order valence-electron chi connectivity index (χ1n) is 16.8. The Morgan fingerprint density at radius 2 is 0.816 bits per heavy atom. The van der Waals surface area contributed by atoms with Gasteiger partial charge in [-0.2, -0.15) is 0 Å². The number of benzene rings is 7. The fraction of sp³-hybridized carbons (Fsp3) is 0.0444. The van der Waals surface area contributed by atoms with Crippen LogP contribution in [0.15, 0.2) is 164 Å². The highest BCUT2D eigenvalue weighted by atomic mass is 28.3. The maximum Gasteiger partial charge on any atom is 0.164 e. The van der Waals surface area contributed by atoms with Gasteiger partial charge in [0.15, 0.2) is 17.5 Å². The van der Waals surface area contributed by atoms with Crippen LogP contribution in [0.1, 0.15) is 0 Å². The van der Waals surface area contributed by atoms with Gasteiger partial charge in [-0.05, 0) is 60.6 Å². The second kappa shape index (κ2) is 11.6. The molecule has 0 amide bonds. The summed E-state index contributed by atoms with van der Waals surface area (Å²) in [5, 5.41) is 5.18. The fourth-order valence-corrected chi connectivity index (χ4v) is 10.6. The van der Waals surface area contributed by atoms with Crippen LogP contribution in [-0.4, -0.2) is 23.0 Å². The quantitative estimate of drug-likeness (QED) is 0.175. The zero-order valence-electron chi connectivity index (χ0n) is 27.4. The first-order valence-corrected chi connectivity index (χ1v) is 19.8. The predicted octanol–water partition coefficient (Wildman–Crippen LogP) is 10.2. The van der Waals surface area contributed by atoms with Crippen LogP contribution in [0.2, 0.25) is 13.1 Å². The lowest BCUT2D eigenvalue weighted by atomic mass is 9.94. The molecule has 0 N–H and O–H groups in total. The maximum absolute atomic E-state index is 5.31. The van der Waals surface area contributed by atoms with Gasteiger partial charge in [-0.3, -0.25) is 0 Å². The lowest BCUT2D eigenvalue weighted by Crippen LogP contribution is -2.49. The van der Waals surface area contributed by atoms with Crippen molar-refractivity contribution in [3.8, 4) is 67.5 Å². The van der Waals surface area contributed by atoms with E-state index in [1.165, 1.54) is 43.6 Å². The van der Waals surface area contributed by atoms with Gasteiger partial charge in [0.2, 0.25) is 0 Å². The van der Waals surface area contributed by atoms with E-state index >= 15 is 0 Å². The molecule has 0 saturated carbocycles. The van der Waals surface area contributed by atoms with Crippen LogP contribution >= 0.6 is 0 Å². The number of hydrogen-bond acceptors (Lipinski definition) is 3. The van der Waals surface area contributed by atoms with E-state index in [0.717, 1.165) is 27.6 Å². The molecule has 9 rings (SSSR count). The Labute approximate surface area is 287 Å². The fourth-order valence-electron chi connectivity index (χ4n) is 7.49. The molecule has 3 nitrogen and oxygen atoms in total. The number of fused-ring (bicyclic) bond motifs is 4. The van der Waals surface area contributed by atoms with E-state index < -0.39 is 8.07 Å². The molecule has 1 aliphatic heterocycles. The van der Waals surface area contributed by atoms with Gasteiger partial charge in [0.05, 0.1) is 0 Å². The second-order valence-electron chi connectivity index (χ2n) is 13.2. The Kier molecular flexibility index (Phi) is 6.92. The molecule has 0 spiro atoms. The van der Waals surface area contributed by atoms with E-state index in [-0.39, 0.29) is 0 Å². The van der Waals surface area contributed by atoms with Crippen molar-refractivity contribution in [2.45, 2.75) is 13.1 Å². The van der Waals surface area contributed by atoms with E-state index in [4.69, 9.17) is 15.0 Å². The van der Waals surface area contributed by atoms with Gasteiger partial charge >= 0.3 is 0 Å². The van der Waals surface area contributed by atoms with Crippen LogP contribution in [0.5, 0.6) is 0 Å². The summed E-state index contributed by atoms with van der Waals surface area (Å²) < 4.78 is 0. The largest absolute Gasteiger partial charge is 0.208 e. The van der Waals surface area contributed by atoms with Crippen LogP contribution in [0, 0.1) is 0 Å². The molecule has 0 bridgehead atoms. The van der Waals surface area contributed by atoms with Gasteiger partial charge in [-0.25, -0.2) is 15.0 Å². The summed E-state index contributed by atoms with van der Waals surface area (Å²) >= 11 is 0. The lowest BCUT2D eigenvalue weighted by molar-refractivity contribution is 1.08. The Morgan fingerprint density at radius 1 is 0.327 bits per heavy atom. The average Bonchev–Trinajstić information content (AvgIpc) is 3.41. The van der Waals surface area contributed by atoms with Crippen molar-refractivity contribution in [3.63, 3.8) is 0 Å². The first kappa shape index (κ1) is 29.2. The summed E-state index contributed by atoms with van der Waals surface area (Å²) in [7, 11) is -1.89. The van der Waals surface area contributed by atoms with Gasteiger partial charge in [0, 0.05) is 16.7 Å². The summed E-state index contributed by atoms with van der Waals surface area (Å²) in [5.41, 5.74) is 10.3. The number of aromatic nitrogens is 3. The van der Waals surface area contributed by atoms with E-state index in [1.54, 1.807) is 0 Å². The van der Waals surface area contributed by atoms with Gasteiger partial charge in [-0.1, -0.05) is 171 Å². The summed E-state index contributed by atoms with van der Waals surface area (Å²) in [6, 6.07) is 58.1. The highest BCUT2D eigenvalue weighted by molar-refractivity contribution is 7.04. The Morgan fingerprint density at radius 3 is 1.55 bits per heavy atom. The number of nitrogens with zero attached hydrogens (tertiary/aromatic N) is 3. The highest BCUT2D eigenvalue weighted by Gasteiger charge is 2.38. The Bertz CT molecular complexity index is 2510. The molecule has 2 heterocycles. The Hall–Kier alpha value is -5.97. The minimum absolute atomic E-state index is 0.663. The van der Waals surface area contributed by atoms with Crippen LogP contribution in [-0.2, 0) is 0 Å². The van der Waals surface area contributed by atoms with Crippen LogP contribution in [0.3, 0.4) is 0 Å². The van der Waals surface area contributed by atoms with Gasteiger partial charge < -0.3 is 0 Å². The van der Waals surface area contributed by atoms with Crippen molar-refractivity contribution in [2.24, 2.45) is 0 Å². The van der Waals surface area contributed by atoms with Crippen molar-refractivity contribution in [1.29, 1.82) is 0 Å². The lowest BCUT2D eigenvalue weighted by Gasteiger charge is -2.19. The van der Waals surface area contributed by atoms with Crippen molar-refractivity contribution < 1.29 is 0 Å². The van der Waals surface area contributed by atoms with E-state index in [0.29, 0.717) is 17.5 Å².